The maximum Gasteiger partial charge on any atom is 0.472 e. The summed E-state index contributed by atoms with van der Waals surface area (Å²) >= 11 is 0. The van der Waals surface area contributed by atoms with E-state index >= 15 is 0 Å². The van der Waals surface area contributed by atoms with Gasteiger partial charge >= 0.3 is 39.5 Å². The molecule has 3 unspecified atom stereocenters. The number of hydrogen-bond donors (Lipinski definition) is 3. The van der Waals surface area contributed by atoms with Crippen molar-refractivity contribution >= 4 is 39.5 Å². The first-order valence-corrected chi connectivity index (χ1v) is 43.5. The van der Waals surface area contributed by atoms with Crippen molar-refractivity contribution in [3.63, 3.8) is 0 Å². The molecule has 0 aliphatic rings. The molecule has 0 saturated heterocycles. The second kappa shape index (κ2) is 69.8. The topological polar surface area (TPSA) is 237 Å². The first-order valence-electron chi connectivity index (χ1n) is 40.5. The Bertz CT molecular complexity index is 1870. The van der Waals surface area contributed by atoms with E-state index < -0.39 is 97.5 Å². The molecular formula is C78H152O17P2. The van der Waals surface area contributed by atoms with Crippen LogP contribution in [0.2, 0.25) is 0 Å². The number of rotatable bonds is 77. The lowest BCUT2D eigenvalue weighted by atomic mass is 9.99. The van der Waals surface area contributed by atoms with Crippen LogP contribution in [0.25, 0.3) is 0 Å². The smallest absolute Gasteiger partial charge is 0.462 e. The molecule has 0 bridgehead atoms. The summed E-state index contributed by atoms with van der Waals surface area (Å²) in [6.45, 7) is 9.62. The van der Waals surface area contributed by atoms with Gasteiger partial charge in [0, 0.05) is 25.7 Å². The third kappa shape index (κ3) is 70.9. The molecule has 0 aliphatic carbocycles. The summed E-state index contributed by atoms with van der Waals surface area (Å²) in [5.41, 5.74) is 0. The monoisotopic (exact) mass is 1420 g/mol. The minimum atomic E-state index is -4.96. The predicted octanol–water partition coefficient (Wildman–Crippen LogP) is 23.1. The van der Waals surface area contributed by atoms with Crippen LogP contribution in [-0.4, -0.2) is 96.7 Å². The third-order valence-corrected chi connectivity index (χ3v) is 20.5. The van der Waals surface area contributed by atoms with Gasteiger partial charge in [-0.05, 0) is 37.5 Å². The van der Waals surface area contributed by atoms with Crippen molar-refractivity contribution in [2.24, 2.45) is 11.8 Å². The van der Waals surface area contributed by atoms with Crippen molar-refractivity contribution in [1.82, 2.24) is 0 Å². The zero-order valence-corrected chi connectivity index (χ0v) is 65.2. The van der Waals surface area contributed by atoms with Crippen molar-refractivity contribution in [2.45, 2.75) is 426 Å². The molecule has 0 aromatic heterocycles. The zero-order valence-electron chi connectivity index (χ0n) is 63.4. The minimum absolute atomic E-state index is 0.105. The largest absolute Gasteiger partial charge is 0.472 e. The fraction of sp³-hybridized carbons (Fsp3) is 0.949. The van der Waals surface area contributed by atoms with E-state index in [0.717, 1.165) is 102 Å². The van der Waals surface area contributed by atoms with E-state index in [1.54, 1.807) is 0 Å². The Morgan fingerprint density at radius 1 is 0.299 bits per heavy atom. The van der Waals surface area contributed by atoms with Crippen LogP contribution in [0.5, 0.6) is 0 Å². The van der Waals surface area contributed by atoms with Crippen LogP contribution >= 0.6 is 15.6 Å². The summed E-state index contributed by atoms with van der Waals surface area (Å²) in [5, 5.41) is 10.6. The number of phosphoric acid groups is 2. The molecule has 0 radical (unpaired) electrons. The van der Waals surface area contributed by atoms with Crippen molar-refractivity contribution in [1.29, 1.82) is 0 Å². The zero-order chi connectivity index (χ0) is 71.4. The molecule has 3 N–H and O–H groups in total. The van der Waals surface area contributed by atoms with Gasteiger partial charge in [-0.3, -0.25) is 37.3 Å². The van der Waals surface area contributed by atoms with Crippen LogP contribution in [0.1, 0.15) is 408 Å². The van der Waals surface area contributed by atoms with Gasteiger partial charge in [0.25, 0.3) is 0 Å². The number of ether oxygens (including phenoxy) is 4. The van der Waals surface area contributed by atoms with Gasteiger partial charge in [-0.1, -0.05) is 356 Å². The van der Waals surface area contributed by atoms with Crippen LogP contribution in [0.3, 0.4) is 0 Å². The molecular weight excluding hydrogens is 1270 g/mol. The molecule has 17 nitrogen and oxygen atoms in total. The van der Waals surface area contributed by atoms with Crippen molar-refractivity contribution in [3.8, 4) is 0 Å². The maximum atomic E-state index is 13.1. The van der Waals surface area contributed by atoms with Gasteiger partial charge in [0.2, 0.25) is 0 Å². The molecule has 19 heteroatoms. The molecule has 0 saturated carbocycles. The number of unbranched alkanes of at least 4 members (excludes halogenated alkanes) is 46. The summed E-state index contributed by atoms with van der Waals surface area (Å²) in [4.78, 5) is 72.8. The molecule has 97 heavy (non-hydrogen) atoms. The average Bonchev–Trinajstić information content (AvgIpc) is 1.31. The normalized spacial score (nSPS) is 14.2. The third-order valence-electron chi connectivity index (χ3n) is 18.6. The SMILES string of the molecule is CCCCCCCCCCCCCCCCCCCCCC(=O)O[C@H](COC(=O)CCCCCCCCCCCCCCCCC(C)C)COP(=O)(O)OC[C@@H](O)COP(=O)(O)OC[C@@H](COC(=O)CCCCCCCCCCC)OC(=O)CCCCCCCCCCC(C)CC. The van der Waals surface area contributed by atoms with Gasteiger partial charge in [0.1, 0.15) is 19.3 Å². The predicted molar refractivity (Wildman–Crippen MR) is 395 cm³/mol. The molecule has 0 fully saturated rings. The molecule has 576 valence electrons. The summed E-state index contributed by atoms with van der Waals surface area (Å²) in [7, 11) is -9.91. The van der Waals surface area contributed by atoms with Gasteiger partial charge in [0.15, 0.2) is 12.2 Å². The Balaban J connectivity index is 5.22. The minimum Gasteiger partial charge on any atom is -0.462 e. The Labute approximate surface area is 594 Å². The van der Waals surface area contributed by atoms with E-state index in [2.05, 4.69) is 41.5 Å². The highest BCUT2D eigenvalue weighted by atomic mass is 31.2. The summed E-state index contributed by atoms with van der Waals surface area (Å²) in [6.07, 6.45) is 58.3. The molecule has 6 atom stereocenters. The molecule has 0 heterocycles. The van der Waals surface area contributed by atoms with Crippen molar-refractivity contribution in [3.05, 3.63) is 0 Å². The maximum absolute atomic E-state index is 13.1. The number of carbonyl (C=O) groups is 4. The van der Waals surface area contributed by atoms with E-state index in [9.17, 15) is 43.2 Å². The van der Waals surface area contributed by atoms with E-state index in [1.807, 2.05) is 0 Å². The highest BCUT2D eigenvalue weighted by Crippen LogP contribution is 2.45. The first-order chi connectivity index (χ1) is 46.9. The Hall–Kier alpha value is -1.94. The second-order valence-electron chi connectivity index (χ2n) is 28.8. The number of aliphatic hydroxyl groups is 1. The Morgan fingerprint density at radius 2 is 0.526 bits per heavy atom. The number of phosphoric ester groups is 2. The molecule has 0 rings (SSSR count). The van der Waals surface area contributed by atoms with E-state index in [4.69, 9.17) is 37.0 Å². The highest BCUT2D eigenvalue weighted by Gasteiger charge is 2.30. The van der Waals surface area contributed by atoms with Gasteiger partial charge in [0.05, 0.1) is 26.4 Å². The molecule has 0 aromatic carbocycles. The van der Waals surface area contributed by atoms with E-state index in [1.165, 1.54) is 225 Å². The number of carbonyl (C=O) groups excluding carboxylic acids is 4. The standard InChI is InChI=1S/C78H152O17P2/c1-7-10-12-14-16-18-19-20-21-22-23-24-25-30-33-37-44-50-56-62-77(82)94-73(67-89-76(81)61-55-49-43-36-32-29-27-26-28-31-35-40-46-52-58-70(4)5)68-92-96(84,85)90-64-72(79)65-91-97(86,87)93-69-74(66-88-75(80)60-54-48-42-34-17-15-13-11-8-2)95-78(83)63-57-51-45-39-38-41-47-53-59-71(6)9-3/h70-74,79H,7-69H2,1-6H3,(H,84,85)(H,86,87)/t71?,72-,73-,74-/m1/s1. The van der Waals surface area contributed by atoms with Crippen LogP contribution in [0, 0.1) is 11.8 Å². The van der Waals surface area contributed by atoms with Crippen molar-refractivity contribution in [2.75, 3.05) is 39.6 Å². The Morgan fingerprint density at radius 3 is 0.784 bits per heavy atom. The summed E-state index contributed by atoms with van der Waals surface area (Å²) in [5.74, 6) is -0.546. The summed E-state index contributed by atoms with van der Waals surface area (Å²) < 4.78 is 68.6. The summed E-state index contributed by atoms with van der Waals surface area (Å²) in [6, 6.07) is 0. The second-order valence-corrected chi connectivity index (χ2v) is 31.7. The highest BCUT2D eigenvalue weighted by molar-refractivity contribution is 7.47. The lowest BCUT2D eigenvalue weighted by molar-refractivity contribution is -0.161. The molecule has 0 spiro atoms. The van der Waals surface area contributed by atoms with Crippen LogP contribution in [0.15, 0.2) is 0 Å². The lowest BCUT2D eigenvalue weighted by Crippen LogP contribution is -2.30. The van der Waals surface area contributed by atoms with Crippen LogP contribution in [-0.2, 0) is 65.4 Å². The molecule has 0 aromatic rings. The van der Waals surface area contributed by atoms with E-state index in [-0.39, 0.29) is 25.7 Å². The van der Waals surface area contributed by atoms with Crippen LogP contribution in [0.4, 0.5) is 0 Å². The fourth-order valence-corrected chi connectivity index (χ4v) is 13.6. The first kappa shape index (κ1) is 95.1. The quantitative estimate of drug-likeness (QED) is 0.0222. The van der Waals surface area contributed by atoms with Gasteiger partial charge in [-0.25, -0.2) is 9.13 Å². The lowest BCUT2D eigenvalue weighted by Gasteiger charge is -2.21. The van der Waals surface area contributed by atoms with Gasteiger partial charge in [-0.2, -0.15) is 0 Å². The average molecular weight is 1420 g/mol. The van der Waals surface area contributed by atoms with Crippen molar-refractivity contribution < 1.29 is 80.2 Å². The fourth-order valence-electron chi connectivity index (χ4n) is 12.0. The number of esters is 4. The van der Waals surface area contributed by atoms with Gasteiger partial charge in [-0.15, -0.1) is 0 Å². The van der Waals surface area contributed by atoms with Crippen LogP contribution < -0.4 is 0 Å². The number of hydrogen-bond acceptors (Lipinski definition) is 15. The molecule has 0 aliphatic heterocycles. The molecule has 0 amide bonds. The Kier molecular flexibility index (Phi) is 68.4. The van der Waals surface area contributed by atoms with E-state index in [0.29, 0.717) is 25.7 Å². The van der Waals surface area contributed by atoms with Gasteiger partial charge < -0.3 is 33.8 Å². The number of aliphatic hydroxyl groups excluding tert-OH is 1.